The van der Waals surface area contributed by atoms with Crippen LogP contribution in [0.3, 0.4) is 0 Å². The maximum absolute atomic E-state index is 11.3. The van der Waals surface area contributed by atoms with E-state index in [0.717, 1.165) is 0 Å². The first-order valence-corrected chi connectivity index (χ1v) is 10.7. The van der Waals surface area contributed by atoms with Crippen molar-refractivity contribution in [2.24, 2.45) is 0 Å². The highest BCUT2D eigenvalue weighted by atomic mass is 16.7. The Kier molecular flexibility index (Phi) is 12.4. The quantitative estimate of drug-likeness (QED) is 0.291. The van der Waals surface area contributed by atoms with E-state index in [1.54, 1.807) is 90.1 Å². The maximum atomic E-state index is 11.3. The molecule has 4 N–H and O–H groups in total. The molecular weight excluding hydrogens is 424 g/mol. The molecule has 0 bridgehead atoms. The van der Waals surface area contributed by atoms with Gasteiger partial charge in [-0.15, -0.1) is 0 Å². The SMILES string of the molecule is CC(C)(C)OC(=O)Oc1ccccc1N.CC(C)(C)OC(=O)Oc1ccccc1N.CCC. The number of para-hydroxylation sites is 4. The largest absolute Gasteiger partial charge is 0.514 e. The minimum absolute atomic E-state index is 0.312. The van der Waals surface area contributed by atoms with Crippen LogP contribution in [-0.2, 0) is 9.47 Å². The Morgan fingerprint density at radius 2 is 0.939 bits per heavy atom. The first-order chi connectivity index (χ1) is 15.2. The first kappa shape index (κ1) is 29.6. The summed E-state index contributed by atoms with van der Waals surface area (Å²) in [5.41, 5.74) is 10.9. The van der Waals surface area contributed by atoms with Crippen LogP contribution in [0.4, 0.5) is 21.0 Å². The Labute approximate surface area is 197 Å². The van der Waals surface area contributed by atoms with Crippen molar-refractivity contribution in [2.45, 2.75) is 73.0 Å². The molecule has 0 unspecified atom stereocenters. The normalized spacial score (nSPS) is 10.4. The van der Waals surface area contributed by atoms with Crippen LogP contribution in [0.15, 0.2) is 48.5 Å². The summed E-state index contributed by atoms with van der Waals surface area (Å²) in [5, 5.41) is 0. The predicted molar refractivity (Wildman–Crippen MR) is 131 cm³/mol. The van der Waals surface area contributed by atoms with E-state index in [0.29, 0.717) is 22.9 Å². The molecule has 0 saturated heterocycles. The summed E-state index contributed by atoms with van der Waals surface area (Å²) in [7, 11) is 0. The Bertz CT molecular complexity index is 798. The molecule has 0 aliphatic rings. The number of carbonyl (C=O) groups excluding carboxylic acids is 2. The average Bonchev–Trinajstić information content (AvgIpc) is 2.64. The highest BCUT2D eigenvalue weighted by Gasteiger charge is 2.19. The molecule has 8 nitrogen and oxygen atoms in total. The third kappa shape index (κ3) is 15.1. The molecule has 2 rings (SSSR count). The van der Waals surface area contributed by atoms with Crippen LogP contribution >= 0.6 is 0 Å². The number of nitrogen functional groups attached to an aromatic ring is 2. The van der Waals surface area contributed by atoms with Crippen molar-refractivity contribution in [3.8, 4) is 11.5 Å². The molecule has 2 aromatic carbocycles. The van der Waals surface area contributed by atoms with Crippen molar-refractivity contribution in [2.75, 3.05) is 11.5 Å². The molecule has 0 radical (unpaired) electrons. The zero-order valence-electron chi connectivity index (χ0n) is 20.9. The second-order valence-electron chi connectivity index (χ2n) is 8.92. The third-order valence-electron chi connectivity index (χ3n) is 3.00. The molecule has 33 heavy (non-hydrogen) atoms. The van der Waals surface area contributed by atoms with Gasteiger partial charge in [-0.3, -0.25) is 0 Å². The number of ether oxygens (including phenoxy) is 4. The molecule has 0 aliphatic carbocycles. The van der Waals surface area contributed by atoms with Crippen molar-refractivity contribution in [3.63, 3.8) is 0 Å². The summed E-state index contributed by atoms with van der Waals surface area (Å²) in [6.07, 6.45) is -0.249. The van der Waals surface area contributed by atoms with Crippen LogP contribution in [-0.4, -0.2) is 23.5 Å². The minimum atomic E-state index is -0.750. The lowest BCUT2D eigenvalue weighted by atomic mass is 10.2. The predicted octanol–water partition coefficient (Wildman–Crippen LogP) is 6.58. The molecule has 0 amide bonds. The summed E-state index contributed by atoms with van der Waals surface area (Å²) >= 11 is 0. The second-order valence-corrected chi connectivity index (χ2v) is 8.92. The van der Waals surface area contributed by atoms with Gasteiger partial charge in [0.2, 0.25) is 0 Å². The summed E-state index contributed by atoms with van der Waals surface area (Å²) in [6, 6.07) is 13.5. The molecule has 184 valence electrons. The van der Waals surface area contributed by atoms with E-state index in [-0.39, 0.29) is 0 Å². The minimum Gasteiger partial charge on any atom is -0.428 e. The van der Waals surface area contributed by atoms with E-state index in [1.807, 2.05) is 0 Å². The number of nitrogens with two attached hydrogens (primary N) is 2. The molecule has 0 fully saturated rings. The summed E-state index contributed by atoms with van der Waals surface area (Å²) in [5.74, 6) is 0.624. The Balaban J connectivity index is 0.000000555. The molecular formula is C25H38N2O6. The van der Waals surface area contributed by atoms with Gasteiger partial charge in [0.1, 0.15) is 11.2 Å². The smallest absolute Gasteiger partial charge is 0.428 e. The monoisotopic (exact) mass is 462 g/mol. The van der Waals surface area contributed by atoms with Gasteiger partial charge < -0.3 is 30.4 Å². The molecule has 0 spiro atoms. The van der Waals surface area contributed by atoms with Gasteiger partial charge in [-0.2, -0.15) is 0 Å². The molecule has 0 atom stereocenters. The standard InChI is InChI=1S/2C11H15NO3.C3H8/c2*1-11(2,3)15-10(13)14-9-7-5-4-6-8(9)12;1-3-2/h2*4-7H,12H2,1-3H3;3H2,1-2H3. The van der Waals surface area contributed by atoms with Crippen molar-refractivity contribution in [3.05, 3.63) is 48.5 Å². The number of benzene rings is 2. The van der Waals surface area contributed by atoms with Crippen LogP contribution in [0.1, 0.15) is 61.8 Å². The van der Waals surface area contributed by atoms with Gasteiger partial charge in [0, 0.05) is 0 Å². The molecule has 8 heteroatoms. The van der Waals surface area contributed by atoms with Crippen LogP contribution in [0.25, 0.3) is 0 Å². The molecule has 0 heterocycles. The average molecular weight is 463 g/mol. The number of anilines is 2. The zero-order valence-corrected chi connectivity index (χ0v) is 20.9. The van der Waals surface area contributed by atoms with Gasteiger partial charge in [0.05, 0.1) is 11.4 Å². The second kappa shape index (κ2) is 13.9. The number of rotatable bonds is 2. The van der Waals surface area contributed by atoms with Gasteiger partial charge in [-0.1, -0.05) is 44.5 Å². The lowest BCUT2D eigenvalue weighted by Crippen LogP contribution is -2.26. The Morgan fingerprint density at radius 3 is 1.18 bits per heavy atom. The third-order valence-corrected chi connectivity index (χ3v) is 3.00. The Morgan fingerprint density at radius 1 is 0.667 bits per heavy atom. The van der Waals surface area contributed by atoms with Crippen LogP contribution in [0, 0.1) is 0 Å². The maximum Gasteiger partial charge on any atom is 0.514 e. The fourth-order valence-corrected chi connectivity index (χ4v) is 1.87. The lowest BCUT2D eigenvalue weighted by Gasteiger charge is -2.18. The highest BCUT2D eigenvalue weighted by Crippen LogP contribution is 2.22. The fourth-order valence-electron chi connectivity index (χ4n) is 1.87. The summed E-state index contributed by atoms with van der Waals surface area (Å²) in [4.78, 5) is 22.6. The van der Waals surface area contributed by atoms with Crippen molar-refractivity contribution >= 4 is 23.7 Å². The van der Waals surface area contributed by atoms with E-state index in [1.165, 1.54) is 6.42 Å². The molecule has 0 aliphatic heterocycles. The van der Waals surface area contributed by atoms with Crippen molar-refractivity contribution in [1.29, 1.82) is 0 Å². The number of hydrogen-bond donors (Lipinski definition) is 2. The number of hydrogen-bond acceptors (Lipinski definition) is 8. The van der Waals surface area contributed by atoms with Crippen LogP contribution in [0.2, 0.25) is 0 Å². The van der Waals surface area contributed by atoms with Gasteiger partial charge >= 0.3 is 12.3 Å². The van der Waals surface area contributed by atoms with Crippen molar-refractivity contribution in [1.82, 2.24) is 0 Å². The van der Waals surface area contributed by atoms with Crippen LogP contribution < -0.4 is 20.9 Å². The zero-order chi connectivity index (χ0) is 25.7. The summed E-state index contributed by atoms with van der Waals surface area (Å²) in [6.45, 7) is 14.8. The number of carbonyl (C=O) groups is 2. The summed E-state index contributed by atoms with van der Waals surface area (Å²) < 4.78 is 19.8. The van der Waals surface area contributed by atoms with Crippen molar-refractivity contribution < 1.29 is 28.5 Å². The molecule has 0 saturated carbocycles. The van der Waals surface area contributed by atoms with E-state index < -0.39 is 23.5 Å². The van der Waals surface area contributed by atoms with Crippen LogP contribution in [0.5, 0.6) is 11.5 Å². The van der Waals surface area contributed by atoms with E-state index in [9.17, 15) is 9.59 Å². The highest BCUT2D eigenvalue weighted by molar-refractivity contribution is 5.68. The Hall–Kier alpha value is -3.42. The molecule has 2 aromatic rings. The van der Waals surface area contributed by atoms with Gasteiger partial charge in [-0.05, 0) is 65.8 Å². The van der Waals surface area contributed by atoms with Gasteiger partial charge in [0.15, 0.2) is 11.5 Å². The van der Waals surface area contributed by atoms with Gasteiger partial charge in [0.25, 0.3) is 0 Å². The van der Waals surface area contributed by atoms with E-state index >= 15 is 0 Å². The fraction of sp³-hybridized carbons (Fsp3) is 0.440. The lowest BCUT2D eigenvalue weighted by molar-refractivity contribution is 0.0194. The topological polar surface area (TPSA) is 123 Å². The molecule has 0 aromatic heterocycles. The van der Waals surface area contributed by atoms with E-state index in [2.05, 4.69) is 13.8 Å². The van der Waals surface area contributed by atoms with Gasteiger partial charge in [-0.25, -0.2) is 9.59 Å². The van der Waals surface area contributed by atoms with E-state index in [4.69, 9.17) is 30.4 Å². The first-order valence-electron chi connectivity index (χ1n) is 10.7.